The zero-order valence-corrected chi connectivity index (χ0v) is 16.4. The molecule has 1 aromatic rings. The molecule has 0 saturated heterocycles. The van der Waals surface area contributed by atoms with Crippen molar-refractivity contribution >= 4 is 28.9 Å². The molecule has 26 heavy (non-hydrogen) atoms. The lowest BCUT2D eigenvalue weighted by atomic mass is 9.49. The average molecular weight is 373 g/mol. The number of amides is 1. The number of phenols is 1. The van der Waals surface area contributed by atoms with Gasteiger partial charge in [-0.25, -0.2) is 0 Å². The van der Waals surface area contributed by atoms with E-state index in [0.29, 0.717) is 12.1 Å². The van der Waals surface area contributed by atoms with Crippen LogP contribution in [0, 0.1) is 37.0 Å². The summed E-state index contributed by atoms with van der Waals surface area (Å²) in [5.74, 6) is 2.67. The molecule has 4 saturated carbocycles. The maximum atomic E-state index is 12.6. The number of aromatic hydroxyl groups is 1. The molecule has 3 N–H and O–H groups in total. The van der Waals surface area contributed by atoms with Gasteiger partial charge in [0, 0.05) is 6.42 Å². The Hall–Kier alpha value is -1.62. The molecule has 4 bridgehead atoms. The van der Waals surface area contributed by atoms with E-state index in [9.17, 15) is 9.90 Å². The van der Waals surface area contributed by atoms with Gasteiger partial charge in [-0.15, -0.1) is 0 Å². The number of aryl methyl sites for hydroxylation is 2. The van der Waals surface area contributed by atoms with Crippen molar-refractivity contribution in [2.24, 2.45) is 23.2 Å². The molecule has 5 heteroatoms. The van der Waals surface area contributed by atoms with Crippen molar-refractivity contribution in [3.8, 4) is 5.75 Å². The maximum Gasteiger partial charge on any atom is 0.226 e. The van der Waals surface area contributed by atoms with Crippen molar-refractivity contribution in [3.63, 3.8) is 0 Å². The van der Waals surface area contributed by atoms with E-state index in [4.69, 9.17) is 12.2 Å². The van der Waals surface area contributed by atoms with Crippen LogP contribution in [-0.4, -0.2) is 16.1 Å². The second-order valence-electron chi connectivity index (χ2n) is 9.05. The molecule has 1 aromatic carbocycles. The summed E-state index contributed by atoms with van der Waals surface area (Å²) in [5, 5.41) is 16.1. The molecule has 0 aromatic heterocycles. The van der Waals surface area contributed by atoms with Crippen molar-refractivity contribution < 1.29 is 9.90 Å². The fraction of sp³-hybridized carbons (Fsp3) is 0.619. The van der Waals surface area contributed by atoms with Gasteiger partial charge in [0.25, 0.3) is 0 Å². The number of phenolic OH excluding ortho intramolecular Hbond substituents is 1. The van der Waals surface area contributed by atoms with Crippen LogP contribution in [0.1, 0.15) is 56.1 Å². The van der Waals surface area contributed by atoms with E-state index >= 15 is 0 Å². The van der Waals surface area contributed by atoms with E-state index in [1.54, 1.807) is 6.07 Å². The Morgan fingerprint density at radius 3 is 2.23 bits per heavy atom. The average Bonchev–Trinajstić information content (AvgIpc) is 2.50. The molecule has 4 aliphatic carbocycles. The molecule has 5 rings (SSSR count). The number of benzene rings is 1. The molecule has 4 nitrogen and oxygen atoms in total. The maximum absolute atomic E-state index is 12.6. The van der Waals surface area contributed by atoms with Crippen LogP contribution in [0.5, 0.6) is 5.75 Å². The first-order chi connectivity index (χ1) is 12.3. The Labute approximate surface area is 160 Å². The largest absolute Gasteiger partial charge is 0.506 e. The summed E-state index contributed by atoms with van der Waals surface area (Å²) in [7, 11) is 0. The predicted octanol–water partition coefficient (Wildman–Crippen LogP) is 4.43. The molecule has 140 valence electrons. The Kier molecular flexibility index (Phi) is 4.46. The van der Waals surface area contributed by atoms with E-state index in [-0.39, 0.29) is 22.2 Å². The summed E-state index contributed by atoms with van der Waals surface area (Å²) in [5.41, 5.74) is 2.82. The molecule has 4 fully saturated rings. The molecular formula is C21H28N2O2S. The fourth-order valence-corrected chi connectivity index (χ4v) is 6.30. The molecular weight excluding hydrogens is 344 g/mol. The predicted molar refractivity (Wildman–Crippen MR) is 107 cm³/mol. The van der Waals surface area contributed by atoms with Crippen LogP contribution < -0.4 is 10.6 Å². The third-order valence-corrected chi connectivity index (χ3v) is 7.02. The monoisotopic (exact) mass is 372 g/mol. The second kappa shape index (κ2) is 6.52. The molecule has 0 aliphatic heterocycles. The standard InChI is InChI=1S/C21H28N2O2S/c1-12-3-17(18(24)4-13(12)2)22-20(26)23-19(25)11-21-8-14-5-15(9-21)7-16(6-14)10-21/h3-4,14-16,24H,5-11H2,1-2H3,(H2,22,23,25,26). The van der Waals surface area contributed by atoms with E-state index in [0.717, 1.165) is 28.9 Å². The number of anilines is 1. The van der Waals surface area contributed by atoms with Gasteiger partial charge in [0.15, 0.2) is 5.11 Å². The third-order valence-electron chi connectivity index (χ3n) is 6.81. The van der Waals surface area contributed by atoms with E-state index < -0.39 is 0 Å². The zero-order valence-electron chi connectivity index (χ0n) is 15.6. The van der Waals surface area contributed by atoms with Gasteiger partial charge in [0.2, 0.25) is 5.91 Å². The topological polar surface area (TPSA) is 61.4 Å². The first-order valence-electron chi connectivity index (χ1n) is 9.73. The minimum Gasteiger partial charge on any atom is -0.506 e. The lowest BCUT2D eigenvalue weighted by molar-refractivity contribution is -0.127. The van der Waals surface area contributed by atoms with Crippen molar-refractivity contribution in [2.45, 2.75) is 58.8 Å². The Balaban J connectivity index is 1.36. The van der Waals surface area contributed by atoms with Crippen LogP contribution in [-0.2, 0) is 4.79 Å². The van der Waals surface area contributed by atoms with Gasteiger partial charge < -0.3 is 15.7 Å². The highest BCUT2D eigenvalue weighted by molar-refractivity contribution is 7.80. The van der Waals surface area contributed by atoms with Gasteiger partial charge in [-0.1, -0.05) is 0 Å². The summed E-state index contributed by atoms with van der Waals surface area (Å²) in [6.07, 6.45) is 8.36. The summed E-state index contributed by atoms with van der Waals surface area (Å²) in [4.78, 5) is 12.6. The minimum atomic E-state index is 0.00720. The van der Waals surface area contributed by atoms with Crippen LogP contribution in [0.4, 0.5) is 5.69 Å². The Morgan fingerprint density at radius 2 is 1.65 bits per heavy atom. The molecule has 0 radical (unpaired) electrons. The van der Waals surface area contributed by atoms with Gasteiger partial charge in [-0.05, 0) is 111 Å². The molecule has 1 amide bonds. The van der Waals surface area contributed by atoms with Crippen LogP contribution >= 0.6 is 12.2 Å². The summed E-state index contributed by atoms with van der Waals surface area (Å²) in [6.45, 7) is 3.93. The van der Waals surface area contributed by atoms with Crippen LogP contribution in [0.2, 0.25) is 0 Å². The van der Waals surface area contributed by atoms with Gasteiger partial charge in [0.05, 0.1) is 5.69 Å². The highest BCUT2D eigenvalue weighted by Gasteiger charge is 2.51. The molecule has 0 unspecified atom stereocenters. The normalized spacial score (nSPS) is 31.7. The zero-order chi connectivity index (χ0) is 18.5. The summed E-state index contributed by atoms with van der Waals surface area (Å²) >= 11 is 5.30. The first kappa shape index (κ1) is 17.8. The van der Waals surface area contributed by atoms with Crippen molar-refractivity contribution in [1.82, 2.24) is 5.32 Å². The summed E-state index contributed by atoms with van der Waals surface area (Å²) < 4.78 is 0. The Bertz CT molecular complexity index is 723. The molecule has 0 heterocycles. The quantitative estimate of drug-likeness (QED) is 0.543. The Morgan fingerprint density at radius 1 is 1.12 bits per heavy atom. The fourth-order valence-electron chi connectivity index (χ4n) is 6.07. The highest BCUT2D eigenvalue weighted by Crippen LogP contribution is 2.61. The van der Waals surface area contributed by atoms with Gasteiger partial charge >= 0.3 is 0 Å². The SMILES string of the molecule is Cc1cc(O)c(NC(=S)NC(=O)CC23CC4CC(CC(C4)C2)C3)cc1C. The number of thiocarbonyl (C=S) groups is 1. The van der Waals surface area contributed by atoms with E-state index in [2.05, 4.69) is 10.6 Å². The van der Waals surface area contributed by atoms with Gasteiger partial charge in [-0.3, -0.25) is 4.79 Å². The summed E-state index contributed by atoms with van der Waals surface area (Å²) in [6, 6.07) is 3.56. The third kappa shape index (κ3) is 3.46. The minimum absolute atomic E-state index is 0.00720. The van der Waals surface area contributed by atoms with Crippen molar-refractivity contribution in [2.75, 3.05) is 5.32 Å². The highest BCUT2D eigenvalue weighted by atomic mass is 32.1. The van der Waals surface area contributed by atoms with Crippen LogP contribution in [0.25, 0.3) is 0 Å². The number of carbonyl (C=O) groups is 1. The lowest BCUT2D eigenvalue weighted by Gasteiger charge is -2.56. The number of carbonyl (C=O) groups excluding carboxylic acids is 1. The van der Waals surface area contributed by atoms with E-state index in [1.165, 1.54) is 38.5 Å². The van der Waals surface area contributed by atoms with Crippen LogP contribution in [0.3, 0.4) is 0 Å². The number of hydrogen-bond donors (Lipinski definition) is 3. The smallest absolute Gasteiger partial charge is 0.226 e. The van der Waals surface area contributed by atoms with Crippen LogP contribution in [0.15, 0.2) is 12.1 Å². The molecule has 0 spiro atoms. The van der Waals surface area contributed by atoms with Crippen molar-refractivity contribution in [1.29, 1.82) is 0 Å². The van der Waals surface area contributed by atoms with E-state index in [1.807, 2.05) is 19.9 Å². The van der Waals surface area contributed by atoms with Gasteiger partial charge in [-0.2, -0.15) is 0 Å². The van der Waals surface area contributed by atoms with Gasteiger partial charge in [0.1, 0.15) is 5.75 Å². The first-order valence-corrected chi connectivity index (χ1v) is 10.1. The number of nitrogens with one attached hydrogen (secondary N) is 2. The number of rotatable bonds is 3. The lowest BCUT2D eigenvalue weighted by Crippen LogP contribution is -2.48. The number of hydrogen-bond acceptors (Lipinski definition) is 3. The molecule has 0 atom stereocenters. The second-order valence-corrected chi connectivity index (χ2v) is 9.46. The van der Waals surface area contributed by atoms with Crippen molar-refractivity contribution in [3.05, 3.63) is 23.3 Å². The molecule has 4 aliphatic rings.